The van der Waals surface area contributed by atoms with E-state index in [9.17, 15) is 4.79 Å². The SMILES string of the molecule is Cc1ccc2c(c1)C(=O)C(n1ccc3c[n+](Cc4ccccc4)ccc31)CC2. The van der Waals surface area contributed by atoms with E-state index in [-0.39, 0.29) is 11.8 Å². The van der Waals surface area contributed by atoms with Crippen LogP contribution >= 0.6 is 0 Å². The van der Waals surface area contributed by atoms with Crippen LogP contribution in [0.15, 0.2) is 79.3 Å². The Bertz CT molecular complexity index is 1170. The molecule has 0 fully saturated rings. The van der Waals surface area contributed by atoms with Gasteiger partial charge in [-0.3, -0.25) is 4.79 Å². The number of hydrogen-bond donors (Lipinski definition) is 0. The fourth-order valence-corrected chi connectivity index (χ4v) is 4.33. The molecule has 0 aliphatic heterocycles. The smallest absolute Gasteiger partial charge is 0.185 e. The van der Waals surface area contributed by atoms with Crippen molar-refractivity contribution in [1.29, 1.82) is 0 Å². The summed E-state index contributed by atoms with van der Waals surface area (Å²) in [5.41, 5.74) is 5.63. The highest BCUT2D eigenvalue weighted by Crippen LogP contribution is 2.32. The van der Waals surface area contributed by atoms with E-state index in [1.807, 2.05) is 19.1 Å². The number of nitrogens with zero attached hydrogens (tertiary/aromatic N) is 2. The second kappa shape index (κ2) is 6.75. The summed E-state index contributed by atoms with van der Waals surface area (Å²) in [6, 6.07) is 20.9. The lowest BCUT2D eigenvalue weighted by Crippen LogP contribution is -2.33. The number of benzene rings is 2. The van der Waals surface area contributed by atoms with E-state index in [0.717, 1.165) is 36.0 Å². The van der Waals surface area contributed by atoms with Crippen molar-refractivity contribution in [2.75, 3.05) is 0 Å². The third-order valence-corrected chi connectivity index (χ3v) is 5.78. The Morgan fingerprint density at radius 1 is 1.07 bits per heavy atom. The molecule has 0 saturated heterocycles. The van der Waals surface area contributed by atoms with Crippen LogP contribution in [0.5, 0.6) is 0 Å². The maximum absolute atomic E-state index is 13.2. The summed E-state index contributed by atoms with van der Waals surface area (Å²) in [6.07, 6.45) is 8.16. The minimum Gasteiger partial charge on any atom is -0.336 e. The first-order valence-electron chi connectivity index (χ1n) is 9.86. The molecule has 2 aromatic carbocycles. The van der Waals surface area contributed by atoms with E-state index in [4.69, 9.17) is 0 Å². The van der Waals surface area contributed by atoms with Gasteiger partial charge in [0.1, 0.15) is 0 Å². The highest BCUT2D eigenvalue weighted by atomic mass is 16.1. The van der Waals surface area contributed by atoms with Gasteiger partial charge in [-0.15, -0.1) is 0 Å². The highest BCUT2D eigenvalue weighted by molar-refractivity contribution is 6.02. The molecule has 0 bridgehead atoms. The number of rotatable bonds is 3. The molecule has 5 rings (SSSR count). The Morgan fingerprint density at radius 3 is 2.79 bits per heavy atom. The summed E-state index contributed by atoms with van der Waals surface area (Å²) in [4.78, 5) is 13.2. The third-order valence-electron chi connectivity index (χ3n) is 5.78. The number of fused-ring (bicyclic) bond motifs is 2. The van der Waals surface area contributed by atoms with Crippen LogP contribution < -0.4 is 4.57 Å². The minimum atomic E-state index is -0.114. The average Bonchev–Trinajstić information content (AvgIpc) is 3.12. The van der Waals surface area contributed by atoms with Crippen LogP contribution in [0.1, 0.15) is 39.5 Å². The van der Waals surface area contributed by atoms with Crippen LogP contribution in [0, 0.1) is 6.92 Å². The monoisotopic (exact) mass is 367 g/mol. The van der Waals surface area contributed by atoms with E-state index in [1.165, 1.54) is 16.5 Å². The molecule has 0 spiro atoms. The Kier molecular flexibility index (Phi) is 4.09. The van der Waals surface area contributed by atoms with Gasteiger partial charge >= 0.3 is 0 Å². The largest absolute Gasteiger partial charge is 0.336 e. The molecular weight excluding hydrogens is 344 g/mol. The molecule has 4 aromatic rings. The van der Waals surface area contributed by atoms with Gasteiger partial charge in [0, 0.05) is 23.4 Å². The number of Topliss-reactive ketones (excluding diaryl/α,β-unsaturated/α-hetero) is 1. The van der Waals surface area contributed by atoms with E-state index >= 15 is 0 Å². The molecule has 0 radical (unpaired) electrons. The van der Waals surface area contributed by atoms with E-state index in [1.54, 1.807) is 0 Å². The van der Waals surface area contributed by atoms with Gasteiger partial charge in [-0.05, 0) is 37.5 Å². The van der Waals surface area contributed by atoms with Crippen molar-refractivity contribution in [2.24, 2.45) is 0 Å². The van der Waals surface area contributed by atoms with Crippen molar-refractivity contribution in [1.82, 2.24) is 4.57 Å². The molecule has 0 saturated carbocycles. The van der Waals surface area contributed by atoms with Crippen LogP contribution in [0.25, 0.3) is 10.9 Å². The molecule has 1 aliphatic rings. The molecule has 1 atom stereocenters. The van der Waals surface area contributed by atoms with Crippen LogP contribution in [0.4, 0.5) is 0 Å². The summed E-state index contributed by atoms with van der Waals surface area (Å²) < 4.78 is 4.36. The minimum absolute atomic E-state index is 0.114. The molecule has 1 aliphatic carbocycles. The fraction of sp³-hybridized carbons (Fsp3) is 0.200. The number of carbonyl (C=O) groups is 1. The molecule has 2 heterocycles. The molecule has 3 heteroatoms. The topological polar surface area (TPSA) is 25.9 Å². The maximum Gasteiger partial charge on any atom is 0.185 e. The van der Waals surface area contributed by atoms with Gasteiger partial charge in [-0.2, -0.15) is 0 Å². The van der Waals surface area contributed by atoms with E-state index < -0.39 is 0 Å². The molecule has 138 valence electrons. The van der Waals surface area contributed by atoms with Gasteiger partial charge in [-0.1, -0.05) is 48.0 Å². The van der Waals surface area contributed by atoms with Crippen LogP contribution in [-0.4, -0.2) is 10.4 Å². The van der Waals surface area contributed by atoms with Crippen molar-refractivity contribution in [2.45, 2.75) is 32.4 Å². The summed E-state index contributed by atoms with van der Waals surface area (Å²) in [5.74, 6) is 0.239. The number of ketones is 1. The fourth-order valence-electron chi connectivity index (χ4n) is 4.33. The predicted molar refractivity (Wildman–Crippen MR) is 111 cm³/mol. The molecule has 2 aromatic heterocycles. The Balaban J connectivity index is 1.48. The normalized spacial score (nSPS) is 16.3. The van der Waals surface area contributed by atoms with Gasteiger partial charge in [0.25, 0.3) is 0 Å². The van der Waals surface area contributed by atoms with Gasteiger partial charge in [-0.25, -0.2) is 4.57 Å². The molecule has 1 unspecified atom stereocenters. The van der Waals surface area contributed by atoms with Crippen molar-refractivity contribution in [3.8, 4) is 0 Å². The lowest BCUT2D eigenvalue weighted by Gasteiger charge is -2.25. The van der Waals surface area contributed by atoms with Gasteiger partial charge in [0.05, 0.1) is 16.9 Å². The van der Waals surface area contributed by atoms with E-state index in [0.29, 0.717) is 0 Å². The molecular formula is C25H23N2O+. The summed E-state index contributed by atoms with van der Waals surface area (Å²) in [6.45, 7) is 2.89. The number of carbonyl (C=O) groups excluding carboxylic acids is 1. The lowest BCUT2D eigenvalue weighted by molar-refractivity contribution is -0.687. The van der Waals surface area contributed by atoms with Gasteiger partial charge in [0.15, 0.2) is 24.7 Å². The summed E-state index contributed by atoms with van der Waals surface area (Å²) in [7, 11) is 0. The second-order valence-electron chi connectivity index (χ2n) is 7.75. The van der Waals surface area contributed by atoms with Crippen molar-refractivity contribution >= 4 is 16.7 Å². The van der Waals surface area contributed by atoms with Crippen LogP contribution in [0.2, 0.25) is 0 Å². The Labute approximate surface area is 164 Å². The Hall–Kier alpha value is -3.20. The number of aromatic nitrogens is 2. The average molecular weight is 367 g/mol. The first-order chi connectivity index (χ1) is 13.7. The molecule has 28 heavy (non-hydrogen) atoms. The lowest BCUT2D eigenvalue weighted by atomic mass is 9.86. The molecule has 0 N–H and O–H groups in total. The Morgan fingerprint density at radius 2 is 1.93 bits per heavy atom. The van der Waals surface area contributed by atoms with Crippen molar-refractivity contribution in [3.05, 3.63) is 102 Å². The zero-order valence-corrected chi connectivity index (χ0v) is 16.0. The number of aryl methyl sites for hydroxylation is 2. The number of hydrogen-bond acceptors (Lipinski definition) is 1. The van der Waals surface area contributed by atoms with Gasteiger partial charge < -0.3 is 4.57 Å². The molecule has 0 amide bonds. The number of pyridine rings is 1. The molecule has 3 nitrogen and oxygen atoms in total. The summed E-state index contributed by atoms with van der Waals surface area (Å²) >= 11 is 0. The zero-order valence-electron chi connectivity index (χ0n) is 16.0. The van der Waals surface area contributed by atoms with Crippen molar-refractivity contribution in [3.63, 3.8) is 0 Å². The standard InChI is InChI=1S/C25H23N2O/c1-18-7-8-20-9-10-24(25(28)22(20)15-18)27-14-11-21-17-26(13-12-23(21)27)16-19-5-3-2-4-6-19/h2-8,11-15,17,24H,9-10,16H2,1H3/q+1. The predicted octanol–water partition coefficient (Wildman–Crippen LogP) is 4.66. The quantitative estimate of drug-likeness (QED) is 0.484. The first-order valence-corrected chi connectivity index (χ1v) is 9.86. The van der Waals surface area contributed by atoms with Crippen LogP contribution in [-0.2, 0) is 13.0 Å². The third kappa shape index (κ3) is 2.93. The van der Waals surface area contributed by atoms with E-state index in [2.05, 4.69) is 76.3 Å². The van der Waals surface area contributed by atoms with Gasteiger partial charge in [0.2, 0.25) is 0 Å². The van der Waals surface area contributed by atoms with Crippen molar-refractivity contribution < 1.29 is 9.36 Å². The maximum atomic E-state index is 13.2. The second-order valence-corrected chi connectivity index (χ2v) is 7.75. The van der Waals surface area contributed by atoms with Crippen LogP contribution in [0.3, 0.4) is 0 Å². The zero-order chi connectivity index (χ0) is 19.1. The summed E-state index contributed by atoms with van der Waals surface area (Å²) in [5, 5.41) is 1.17. The first kappa shape index (κ1) is 16.9. The highest BCUT2D eigenvalue weighted by Gasteiger charge is 2.29.